The number of carbonyl (C=O) groups excluding carboxylic acids is 1. The van der Waals surface area contributed by atoms with Gasteiger partial charge in [-0.15, -0.1) is 0 Å². The highest BCUT2D eigenvalue weighted by Gasteiger charge is 2.33. The highest BCUT2D eigenvalue weighted by atomic mass is 35.5. The Morgan fingerprint density at radius 1 is 1.48 bits per heavy atom. The van der Waals surface area contributed by atoms with Gasteiger partial charge < -0.3 is 9.64 Å². The van der Waals surface area contributed by atoms with Crippen LogP contribution in [0.2, 0.25) is 5.15 Å². The summed E-state index contributed by atoms with van der Waals surface area (Å²) in [4.78, 5) is 21.3. The van der Waals surface area contributed by atoms with E-state index in [1.807, 2.05) is 20.8 Å². The Kier molecular flexibility index (Phi) is 4.83. The summed E-state index contributed by atoms with van der Waals surface area (Å²) in [5.74, 6) is 0. The molecule has 1 saturated heterocycles. The monoisotopic (exact) mass is 331 g/mol. The molecule has 8 heteroatoms. The Morgan fingerprint density at radius 3 is 2.81 bits per heavy atom. The van der Waals surface area contributed by atoms with Crippen LogP contribution in [0.3, 0.4) is 0 Å². The third-order valence-electron chi connectivity index (χ3n) is 2.91. The molecule has 21 heavy (non-hydrogen) atoms. The molecule has 0 aliphatic carbocycles. The SMILES string of the molecule is CC(C)(C)OC(=O)N1CC[C@H](S(=O)c2cc(Cl)ncn2)C1. The van der Waals surface area contributed by atoms with Crippen LogP contribution in [0.5, 0.6) is 0 Å². The van der Waals surface area contributed by atoms with E-state index in [-0.39, 0.29) is 16.5 Å². The first-order chi connectivity index (χ1) is 9.76. The molecule has 116 valence electrons. The van der Waals surface area contributed by atoms with Gasteiger partial charge in [-0.1, -0.05) is 11.6 Å². The lowest BCUT2D eigenvalue weighted by Gasteiger charge is -2.24. The molecule has 1 aliphatic rings. The summed E-state index contributed by atoms with van der Waals surface area (Å²) in [6.07, 6.45) is 1.56. The van der Waals surface area contributed by atoms with Crippen LogP contribution in [0.15, 0.2) is 17.4 Å². The van der Waals surface area contributed by atoms with E-state index in [0.29, 0.717) is 24.5 Å². The first kappa shape index (κ1) is 16.2. The normalized spacial score (nSPS) is 20.4. The molecule has 0 radical (unpaired) electrons. The number of hydrogen-bond donors (Lipinski definition) is 0. The quantitative estimate of drug-likeness (QED) is 0.777. The van der Waals surface area contributed by atoms with Gasteiger partial charge in [-0.05, 0) is 27.2 Å². The number of amides is 1. The summed E-state index contributed by atoms with van der Waals surface area (Å²) in [6, 6.07) is 1.49. The van der Waals surface area contributed by atoms with Crippen molar-refractivity contribution < 1.29 is 13.7 Å². The number of aromatic nitrogens is 2. The van der Waals surface area contributed by atoms with Crippen LogP contribution in [-0.4, -0.2) is 49.1 Å². The molecule has 1 amide bonds. The molecular weight excluding hydrogens is 314 g/mol. The second-order valence-corrected chi connectivity index (χ2v) is 7.88. The van der Waals surface area contributed by atoms with E-state index in [4.69, 9.17) is 16.3 Å². The minimum atomic E-state index is -1.31. The van der Waals surface area contributed by atoms with Crippen molar-refractivity contribution in [2.24, 2.45) is 0 Å². The van der Waals surface area contributed by atoms with E-state index >= 15 is 0 Å². The van der Waals surface area contributed by atoms with Crippen LogP contribution in [0, 0.1) is 0 Å². The molecule has 1 aromatic rings. The zero-order valence-electron chi connectivity index (χ0n) is 12.2. The average Bonchev–Trinajstić information content (AvgIpc) is 2.85. The number of ether oxygens (including phenoxy) is 1. The Balaban J connectivity index is 1.99. The molecule has 0 aromatic carbocycles. The molecule has 1 unspecified atom stereocenters. The second kappa shape index (κ2) is 6.27. The highest BCUT2D eigenvalue weighted by molar-refractivity contribution is 7.85. The Bertz CT molecular complexity index is 562. The molecule has 6 nitrogen and oxygen atoms in total. The first-order valence-electron chi connectivity index (χ1n) is 6.62. The molecule has 1 fully saturated rings. The molecule has 1 aromatic heterocycles. The van der Waals surface area contributed by atoms with Crippen molar-refractivity contribution in [2.45, 2.75) is 43.1 Å². The van der Waals surface area contributed by atoms with Crippen LogP contribution in [0.25, 0.3) is 0 Å². The van der Waals surface area contributed by atoms with Crippen molar-refractivity contribution in [1.29, 1.82) is 0 Å². The van der Waals surface area contributed by atoms with Crippen LogP contribution < -0.4 is 0 Å². The molecule has 0 saturated carbocycles. The second-order valence-electron chi connectivity index (χ2n) is 5.81. The van der Waals surface area contributed by atoms with E-state index in [1.165, 1.54) is 12.4 Å². The maximum Gasteiger partial charge on any atom is 0.410 e. The van der Waals surface area contributed by atoms with E-state index in [2.05, 4.69) is 9.97 Å². The summed E-state index contributed by atoms with van der Waals surface area (Å²) in [5.41, 5.74) is -0.533. The van der Waals surface area contributed by atoms with E-state index < -0.39 is 16.4 Å². The summed E-state index contributed by atoms with van der Waals surface area (Å²) in [6.45, 7) is 6.38. The molecule has 0 N–H and O–H groups in total. The van der Waals surface area contributed by atoms with Gasteiger partial charge in [0.1, 0.15) is 22.1 Å². The van der Waals surface area contributed by atoms with Crippen molar-refractivity contribution >= 4 is 28.5 Å². The van der Waals surface area contributed by atoms with E-state index in [1.54, 1.807) is 4.90 Å². The Hall–Kier alpha value is -1.21. The van der Waals surface area contributed by atoms with Gasteiger partial charge >= 0.3 is 6.09 Å². The van der Waals surface area contributed by atoms with Gasteiger partial charge in [-0.25, -0.2) is 14.8 Å². The van der Waals surface area contributed by atoms with Crippen molar-refractivity contribution in [3.63, 3.8) is 0 Å². The fourth-order valence-electron chi connectivity index (χ4n) is 1.99. The lowest BCUT2D eigenvalue weighted by molar-refractivity contribution is 0.0295. The van der Waals surface area contributed by atoms with Gasteiger partial charge in [0.25, 0.3) is 0 Å². The summed E-state index contributed by atoms with van der Waals surface area (Å²) >= 11 is 5.78. The summed E-state index contributed by atoms with van der Waals surface area (Å²) in [7, 11) is -1.31. The van der Waals surface area contributed by atoms with Gasteiger partial charge in [0.15, 0.2) is 0 Å². The maximum atomic E-state index is 12.4. The average molecular weight is 332 g/mol. The lowest BCUT2D eigenvalue weighted by atomic mass is 10.2. The molecule has 2 atom stereocenters. The fraction of sp³-hybridized carbons (Fsp3) is 0.615. The molecule has 0 bridgehead atoms. The van der Waals surface area contributed by atoms with Crippen molar-refractivity contribution in [3.05, 3.63) is 17.5 Å². The Morgan fingerprint density at radius 2 is 2.19 bits per heavy atom. The minimum Gasteiger partial charge on any atom is -0.444 e. The zero-order chi connectivity index (χ0) is 15.6. The molecule has 1 aliphatic heterocycles. The van der Waals surface area contributed by atoms with Crippen molar-refractivity contribution in [3.8, 4) is 0 Å². The number of rotatable bonds is 2. The number of nitrogens with zero attached hydrogens (tertiary/aromatic N) is 3. The molecule has 2 rings (SSSR count). The predicted molar refractivity (Wildman–Crippen MR) is 79.7 cm³/mol. The van der Waals surface area contributed by atoms with Crippen LogP contribution in [0.1, 0.15) is 27.2 Å². The third kappa shape index (κ3) is 4.38. The standard InChI is InChI=1S/C13H18ClN3O3S/c1-13(2,3)20-12(18)17-5-4-9(7-17)21(19)11-6-10(14)15-8-16-11/h6,8-9H,4-5,7H2,1-3H3/t9-,21?/m0/s1. The number of hydrogen-bond acceptors (Lipinski definition) is 5. The van der Waals surface area contributed by atoms with E-state index in [0.717, 1.165) is 0 Å². The molecular formula is C13H18ClN3O3S. The van der Waals surface area contributed by atoms with Crippen molar-refractivity contribution in [2.75, 3.05) is 13.1 Å². The van der Waals surface area contributed by atoms with Gasteiger partial charge in [0.05, 0.1) is 16.0 Å². The van der Waals surface area contributed by atoms with Gasteiger partial charge in [0, 0.05) is 19.2 Å². The highest BCUT2D eigenvalue weighted by Crippen LogP contribution is 2.22. The third-order valence-corrected chi connectivity index (χ3v) is 4.75. The maximum absolute atomic E-state index is 12.4. The number of likely N-dealkylation sites (tertiary alicyclic amines) is 1. The van der Waals surface area contributed by atoms with Crippen LogP contribution in [0.4, 0.5) is 4.79 Å². The Labute approximate surface area is 131 Å². The smallest absolute Gasteiger partial charge is 0.410 e. The van der Waals surface area contributed by atoms with E-state index in [9.17, 15) is 9.00 Å². The molecule has 0 spiro atoms. The predicted octanol–water partition coefficient (Wildman–Crippen LogP) is 2.25. The largest absolute Gasteiger partial charge is 0.444 e. The zero-order valence-corrected chi connectivity index (χ0v) is 13.8. The fourth-order valence-corrected chi connectivity index (χ4v) is 3.56. The topological polar surface area (TPSA) is 72.4 Å². The first-order valence-corrected chi connectivity index (χ1v) is 8.21. The lowest BCUT2D eigenvalue weighted by Crippen LogP contribution is -2.36. The van der Waals surface area contributed by atoms with Gasteiger partial charge in [-0.3, -0.25) is 4.21 Å². The number of halogens is 1. The van der Waals surface area contributed by atoms with Crippen LogP contribution in [-0.2, 0) is 15.5 Å². The summed E-state index contributed by atoms with van der Waals surface area (Å²) < 4.78 is 17.8. The summed E-state index contributed by atoms with van der Waals surface area (Å²) in [5, 5.41) is 0.491. The van der Waals surface area contributed by atoms with Crippen molar-refractivity contribution in [1.82, 2.24) is 14.9 Å². The molecule has 2 heterocycles. The van der Waals surface area contributed by atoms with Gasteiger partial charge in [-0.2, -0.15) is 0 Å². The van der Waals surface area contributed by atoms with Gasteiger partial charge in [0.2, 0.25) is 0 Å². The van der Waals surface area contributed by atoms with Crippen LogP contribution >= 0.6 is 11.6 Å². The minimum absolute atomic E-state index is 0.163. The number of carbonyl (C=O) groups is 1.